The van der Waals surface area contributed by atoms with E-state index >= 15 is 0 Å². The number of aliphatic hydroxyl groups excluding tert-OH is 2. The van der Waals surface area contributed by atoms with Crippen LogP contribution in [0, 0.1) is 0 Å². The molecule has 0 rings (SSSR count). The molecule has 0 aliphatic heterocycles. The minimum absolute atomic E-state index is 0.0694. The van der Waals surface area contributed by atoms with Crippen LogP contribution >= 0.6 is 0 Å². The van der Waals surface area contributed by atoms with Crippen molar-refractivity contribution >= 4 is 5.91 Å². The molecule has 0 saturated carbocycles. The normalized spacial score (nSPS) is 13.1. The Labute approximate surface area is 319 Å². The average molecular weight is 718 g/mol. The molecule has 0 aromatic carbocycles. The maximum Gasteiger partial charge on any atom is 0.220 e. The summed E-state index contributed by atoms with van der Waals surface area (Å²) in [5.41, 5.74) is 0. The number of nitrogens with one attached hydrogen (secondary N) is 1. The lowest BCUT2D eigenvalue weighted by atomic mass is 10.0. The molecule has 0 saturated heterocycles. The van der Waals surface area contributed by atoms with Gasteiger partial charge in [0.1, 0.15) is 0 Å². The van der Waals surface area contributed by atoms with Crippen LogP contribution in [0.1, 0.15) is 251 Å². The third-order valence-electron chi connectivity index (χ3n) is 10.7. The van der Waals surface area contributed by atoms with E-state index in [-0.39, 0.29) is 12.5 Å². The molecular weight excluding hydrogens is 627 g/mol. The molecule has 0 aromatic rings. The monoisotopic (exact) mass is 718 g/mol. The maximum absolute atomic E-state index is 12.4. The highest BCUT2D eigenvalue weighted by molar-refractivity contribution is 5.76. The van der Waals surface area contributed by atoms with Gasteiger partial charge in [0, 0.05) is 6.42 Å². The molecule has 2 atom stereocenters. The molecule has 2 unspecified atom stereocenters. The highest BCUT2D eigenvalue weighted by atomic mass is 16.3. The van der Waals surface area contributed by atoms with Gasteiger partial charge in [-0.3, -0.25) is 4.79 Å². The second kappa shape index (κ2) is 43.3. The second-order valence-corrected chi connectivity index (χ2v) is 15.8. The fourth-order valence-electron chi connectivity index (χ4n) is 7.14. The SMILES string of the molecule is CCCCCCCCCCCCCC/C=C/CC/C=C/C(O)C(CO)NC(=O)CCCCCCCCCCCCCCCCCCCCCCC. The van der Waals surface area contributed by atoms with Crippen molar-refractivity contribution in [3.05, 3.63) is 24.3 Å². The van der Waals surface area contributed by atoms with Crippen molar-refractivity contribution in [3.63, 3.8) is 0 Å². The summed E-state index contributed by atoms with van der Waals surface area (Å²) in [4.78, 5) is 12.4. The first-order valence-corrected chi connectivity index (χ1v) is 23.1. The van der Waals surface area contributed by atoms with Gasteiger partial charge >= 0.3 is 0 Å². The molecule has 1 amide bonds. The van der Waals surface area contributed by atoms with E-state index in [1.54, 1.807) is 6.08 Å². The molecule has 3 N–H and O–H groups in total. The van der Waals surface area contributed by atoms with Crippen molar-refractivity contribution in [2.24, 2.45) is 0 Å². The van der Waals surface area contributed by atoms with Crippen LogP contribution in [0.15, 0.2) is 24.3 Å². The number of carbonyl (C=O) groups excluding carboxylic acids is 1. The number of allylic oxidation sites excluding steroid dienone is 3. The lowest BCUT2D eigenvalue weighted by Gasteiger charge is -2.19. The summed E-state index contributed by atoms with van der Waals surface area (Å²) in [5.74, 6) is -0.0694. The highest BCUT2D eigenvalue weighted by Gasteiger charge is 2.17. The molecular formula is C47H91NO3. The van der Waals surface area contributed by atoms with Crippen molar-refractivity contribution in [1.29, 1.82) is 0 Å². The summed E-state index contributed by atoms with van der Waals surface area (Å²) in [6.07, 6.45) is 55.8. The van der Waals surface area contributed by atoms with Gasteiger partial charge in [-0.1, -0.05) is 237 Å². The first-order valence-electron chi connectivity index (χ1n) is 23.1. The van der Waals surface area contributed by atoms with E-state index < -0.39 is 12.1 Å². The summed E-state index contributed by atoms with van der Waals surface area (Å²) in [6.45, 7) is 4.32. The fraction of sp³-hybridized carbons (Fsp3) is 0.894. The van der Waals surface area contributed by atoms with Crippen molar-refractivity contribution in [1.82, 2.24) is 5.32 Å². The van der Waals surface area contributed by atoms with Crippen molar-refractivity contribution < 1.29 is 15.0 Å². The number of carbonyl (C=O) groups is 1. The van der Waals surface area contributed by atoms with Crippen molar-refractivity contribution in [2.75, 3.05) is 6.61 Å². The number of rotatable bonds is 42. The lowest BCUT2D eigenvalue weighted by Crippen LogP contribution is -2.45. The van der Waals surface area contributed by atoms with Crippen molar-refractivity contribution in [2.45, 2.75) is 264 Å². The zero-order valence-corrected chi connectivity index (χ0v) is 34.6. The highest BCUT2D eigenvalue weighted by Crippen LogP contribution is 2.16. The van der Waals surface area contributed by atoms with E-state index in [1.165, 1.54) is 199 Å². The number of hydrogen-bond acceptors (Lipinski definition) is 3. The van der Waals surface area contributed by atoms with Crippen LogP contribution in [0.5, 0.6) is 0 Å². The summed E-state index contributed by atoms with van der Waals surface area (Å²) < 4.78 is 0. The Morgan fingerprint density at radius 2 is 0.765 bits per heavy atom. The van der Waals surface area contributed by atoms with Gasteiger partial charge in [-0.15, -0.1) is 0 Å². The van der Waals surface area contributed by atoms with Gasteiger partial charge in [0.25, 0.3) is 0 Å². The fourth-order valence-corrected chi connectivity index (χ4v) is 7.14. The Morgan fingerprint density at radius 3 is 1.14 bits per heavy atom. The van der Waals surface area contributed by atoms with E-state index in [9.17, 15) is 15.0 Å². The molecule has 4 nitrogen and oxygen atoms in total. The smallest absolute Gasteiger partial charge is 0.220 e. The number of hydrogen-bond donors (Lipinski definition) is 3. The van der Waals surface area contributed by atoms with Gasteiger partial charge in [0.15, 0.2) is 0 Å². The van der Waals surface area contributed by atoms with E-state index in [2.05, 4.69) is 31.3 Å². The largest absolute Gasteiger partial charge is 0.394 e. The van der Waals surface area contributed by atoms with E-state index in [0.717, 1.165) is 32.1 Å². The van der Waals surface area contributed by atoms with Crippen LogP contribution in [0.2, 0.25) is 0 Å². The Kier molecular flexibility index (Phi) is 42.3. The zero-order chi connectivity index (χ0) is 37.1. The van der Waals surface area contributed by atoms with Crippen LogP contribution in [-0.2, 0) is 4.79 Å². The molecule has 0 aromatic heterocycles. The van der Waals surface area contributed by atoms with Crippen LogP contribution in [0.25, 0.3) is 0 Å². The molecule has 4 heteroatoms. The number of amides is 1. The predicted octanol–water partition coefficient (Wildman–Crippen LogP) is 14.4. The Balaban J connectivity index is 3.55. The van der Waals surface area contributed by atoms with Crippen LogP contribution in [-0.4, -0.2) is 34.9 Å². The standard InChI is InChI=1S/C47H91NO3/c1-3-5-7-9-11-13-15-17-19-21-23-24-25-27-29-31-33-35-37-39-41-43-47(51)48-45(44-49)46(50)42-40-38-36-34-32-30-28-26-22-20-18-16-14-12-10-8-6-4-2/h32,34,40,42,45-46,49-50H,3-31,33,35-39,41,43-44H2,1-2H3,(H,48,51)/b34-32+,42-40+. The molecule has 0 fully saturated rings. The predicted molar refractivity (Wildman–Crippen MR) is 225 cm³/mol. The van der Waals surface area contributed by atoms with Gasteiger partial charge in [0.05, 0.1) is 18.8 Å². The van der Waals surface area contributed by atoms with Gasteiger partial charge in [-0.25, -0.2) is 0 Å². The van der Waals surface area contributed by atoms with Gasteiger partial charge < -0.3 is 15.5 Å². The average Bonchev–Trinajstić information content (AvgIpc) is 3.13. The Bertz CT molecular complexity index is 735. The van der Waals surface area contributed by atoms with Gasteiger partial charge in [-0.2, -0.15) is 0 Å². The molecule has 0 radical (unpaired) electrons. The van der Waals surface area contributed by atoms with E-state index in [0.29, 0.717) is 6.42 Å². The van der Waals surface area contributed by atoms with Gasteiger partial charge in [0.2, 0.25) is 5.91 Å². The first kappa shape index (κ1) is 49.9. The van der Waals surface area contributed by atoms with Crippen LogP contribution < -0.4 is 5.32 Å². The van der Waals surface area contributed by atoms with Gasteiger partial charge in [-0.05, 0) is 32.1 Å². The zero-order valence-electron chi connectivity index (χ0n) is 34.6. The lowest BCUT2D eigenvalue weighted by molar-refractivity contribution is -0.123. The molecule has 0 aliphatic rings. The summed E-state index contributed by atoms with van der Waals surface area (Å²) in [7, 11) is 0. The summed E-state index contributed by atoms with van der Waals surface area (Å²) in [6, 6.07) is -0.634. The molecule has 51 heavy (non-hydrogen) atoms. The summed E-state index contributed by atoms with van der Waals surface area (Å²) >= 11 is 0. The second-order valence-electron chi connectivity index (χ2n) is 15.8. The topological polar surface area (TPSA) is 69.6 Å². The number of aliphatic hydroxyl groups is 2. The minimum Gasteiger partial charge on any atom is -0.394 e. The summed E-state index contributed by atoms with van der Waals surface area (Å²) in [5, 5.41) is 23.0. The van der Waals surface area contributed by atoms with E-state index in [4.69, 9.17) is 0 Å². The molecule has 0 bridgehead atoms. The number of unbranched alkanes of at least 4 members (excludes halogenated alkanes) is 33. The van der Waals surface area contributed by atoms with Crippen molar-refractivity contribution in [3.8, 4) is 0 Å². The molecule has 302 valence electrons. The molecule has 0 spiro atoms. The Hall–Kier alpha value is -1.13. The maximum atomic E-state index is 12.4. The first-order chi connectivity index (χ1) is 25.2. The third kappa shape index (κ3) is 39.9. The Morgan fingerprint density at radius 1 is 0.451 bits per heavy atom. The van der Waals surface area contributed by atoms with Crippen LogP contribution in [0.3, 0.4) is 0 Å². The third-order valence-corrected chi connectivity index (χ3v) is 10.7. The minimum atomic E-state index is -0.858. The molecule has 0 aliphatic carbocycles. The molecule has 0 heterocycles. The quantitative estimate of drug-likeness (QED) is 0.0435. The van der Waals surface area contributed by atoms with E-state index in [1.807, 2.05) is 6.08 Å². The van der Waals surface area contributed by atoms with Crippen LogP contribution in [0.4, 0.5) is 0 Å².